The average Bonchev–Trinajstić information content (AvgIpc) is 3.65. The fraction of sp³-hybridized carbons (Fsp3) is 0.393. The minimum absolute atomic E-state index is 0.0343. The van der Waals surface area contributed by atoms with Crippen LogP contribution in [0.25, 0.3) is 0 Å². The number of aromatic nitrogens is 6. The number of ether oxygens (including phenoxy) is 2. The van der Waals surface area contributed by atoms with Gasteiger partial charge in [-0.15, -0.1) is 5.10 Å². The van der Waals surface area contributed by atoms with Gasteiger partial charge < -0.3 is 19.7 Å². The van der Waals surface area contributed by atoms with E-state index in [0.29, 0.717) is 29.4 Å². The molecule has 1 aliphatic heterocycles. The van der Waals surface area contributed by atoms with Crippen LogP contribution in [0.2, 0.25) is 0 Å². The highest BCUT2D eigenvalue weighted by atomic mass is 19.4. The molecule has 5 rings (SSSR count). The lowest BCUT2D eigenvalue weighted by atomic mass is 10.2. The summed E-state index contributed by atoms with van der Waals surface area (Å²) in [6.45, 7) is 3.00. The van der Waals surface area contributed by atoms with E-state index < -0.39 is 34.8 Å². The molecule has 0 aliphatic carbocycles. The van der Waals surface area contributed by atoms with Crippen molar-refractivity contribution in [2.75, 3.05) is 37.0 Å². The van der Waals surface area contributed by atoms with Crippen molar-refractivity contribution >= 4 is 11.5 Å². The summed E-state index contributed by atoms with van der Waals surface area (Å²) >= 11 is 0. The smallest absolute Gasteiger partial charge is 0.423 e. The van der Waals surface area contributed by atoms with Gasteiger partial charge in [0, 0.05) is 19.1 Å². The number of hydrogen-bond acceptors (Lipinski definition) is 9. The van der Waals surface area contributed by atoms with Crippen molar-refractivity contribution < 1.29 is 27.0 Å². The van der Waals surface area contributed by atoms with Gasteiger partial charge in [-0.25, -0.2) is 18.7 Å². The third-order valence-corrected chi connectivity index (χ3v) is 6.97. The normalized spacial score (nSPS) is 16.0. The minimum Gasteiger partial charge on any atom is -0.497 e. The highest BCUT2D eigenvalue weighted by Crippen LogP contribution is 2.32. The van der Waals surface area contributed by atoms with Crippen molar-refractivity contribution in [3.8, 4) is 5.75 Å². The first-order valence-corrected chi connectivity index (χ1v) is 13.5. The van der Waals surface area contributed by atoms with E-state index in [0.717, 1.165) is 23.8 Å². The van der Waals surface area contributed by atoms with Gasteiger partial charge in [-0.05, 0) is 43.2 Å². The molecule has 3 aromatic heterocycles. The molecule has 0 bridgehead atoms. The quantitative estimate of drug-likeness (QED) is 0.256. The van der Waals surface area contributed by atoms with E-state index in [1.807, 2.05) is 4.90 Å². The van der Waals surface area contributed by atoms with Gasteiger partial charge in [-0.2, -0.15) is 18.3 Å². The number of nitrogens with zero attached hydrogens (tertiary/aromatic N) is 7. The van der Waals surface area contributed by atoms with Crippen LogP contribution in [-0.4, -0.2) is 62.6 Å². The van der Waals surface area contributed by atoms with Crippen LogP contribution >= 0.6 is 0 Å². The topological polar surface area (TPSA) is 112 Å². The Bertz CT molecular complexity index is 1570. The number of benzene rings is 1. The van der Waals surface area contributed by atoms with Gasteiger partial charge in [0.05, 0.1) is 57.2 Å². The number of methoxy groups -OCH3 is 1. The number of anilines is 2. The van der Waals surface area contributed by atoms with Crippen molar-refractivity contribution in [1.82, 2.24) is 29.8 Å². The molecule has 1 aromatic carbocycles. The molecule has 0 amide bonds. The third kappa shape index (κ3) is 7.28. The van der Waals surface area contributed by atoms with Crippen molar-refractivity contribution in [3.63, 3.8) is 0 Å². The molecule has 4 aromatic rings. The van der Waals surface area contributed by atoms with Gasteiger partial charge in [0.1, 0.15) is 28.6 Å². The fourth-order valence-electron chi connectivity index (χ4n) is 4.81. The van der Waals surface area contributed by atoms with E-state index in [1.54, 1.807) is 48.1 Å². The molecule has 1 aliphatic rings. The zero-order valence-corrected chi connectivity index (χ0v) is 23.5. The summed E-state index contributed by atoms with van der Waals surface area (Å²) < 4.78 is 68.3. The van der Waals surface area contributed by atoms with Crippen LogP contribution in [0.15, 0.2) is 59.8 Å². The highest BCUT2D eigenvalue weighted by Gasteiger charge is 2.38. The summed E-state index contributed by atoms with van der Waals surface area (Å²) in [7, 11) is 1.50. The first-order valence-electron chi connectivity index (χ1n) is 13.5. The number of pyridine rings is 1. The van der Waals surface area contributed by atoms with E-state index in [1.165, 1.54) is 19.4 Å². The van der Waals surface area contributed by atoms with E-state index in [2.05, 4.69) is 25.7 Å². The molecule has 15 heteroatoms. The lowest BCUT2D eigenvalue weighted by Crippen LogP contribution is -2.34. The lowest BCUT2D eigenvalue weighted by molar-refractivity contribution is -0.138. The Morgan fingerprint density at radius 3 is 2.63 bits per heavy atom. The summed E-state index contributed by atoms with van der Waals surface area (Å²) in [5.74, 6) is 0.879. The van der Waals surface area contributed by atoms with E-state index in [9.17, 15) is 22.4 Å². The highest BCUT2D eigenvalue weighted by molar-refractivity contribution is 5.50. The zero-order valence-electron chi connectivity index (χ0n) is 23.5. The Hall–Kier alpha value is -4.53. The number of hydrogen-bond donors (Lipinski definition) is 1. The molecule has 0 saturated carbocycles. The molecule has 2 atom stereocenters. The molecule has 43 heavy (non-hydrogen) atoms. The Morgan fingerprint density at radius 1 is 1.14 bits per heavy atom. The summed E-state index contributed by atoms with van der Waals surface area (Å²) in [5, 5.41) is 15.0. The van der Waals surface area contributed by atoms with Crippen LogP contribution in [0.3, 0.4) is 0 Å². The second kappa shape index (κ2) is 12.8. The van der Waals surface area contributed by atoms with Gasteiger partial charge in [-0.3, -0.25) is 4.79 Å². The molecule has 1 N–H and O–H groups in total. The van der Waals surface area contributed by atoms with Crippen molar-refractivity contribution in [2.45, 2.75) is 44.8 Å². The second-order valence-electron chi connectivity index (χ2n) is 10.2. The van der Waals surface area contributed by atoms with Crippen LogP contribution in [0.5, 0.6) is 5.75 Å². The molecule has 4 heterocycles. The van der Waals surface area contributed by atoms with Crippen LogP contribution in [0, 0.1) is 5.82 Å². The Balaban J connectivity index is 1.16. The van der Waals surface area contributed by atoms with Crippen LogP contribution < -0.4 is 20.5 Å². The largest absolute Gasteiger partial charge is 0.497 e. The predicted molar refractivity (Wildman–Crippen MR) is 148 cm³/mol. The van der Waals surface area contributed by atoms with Crippen molar-refractivity contribution in [3.05, 3.63) is 88.0 Å². The summed E-state index contributed by atoms with van der Waals surface area (Å²) in [6, 6.07) is 9.08. The molecule has 1 saturated heterocycles. The molecule has 0 radical (unpaired) electrons. The Kier molecular flexibility index (Phi) is 8.89. The van der Waals surface area contributed by atoms with Gasteiger partial charge in [0.25, 0.3) is 5.56 Å². The molecular weight excluding hydrogens is 572 g/mol. The molecule has 1 fully saturated rings. The molecule has 228 valence electrons. The first kappa shape index (κ1) is 29.9. The molecule has 2 unspecified atom stereocenters. The number of rotatable bonds is 11. The molecule has 11 nitrogen and oxygen atoms in total. The standard InChI is InChI=1S/C28H30F4N8O3/c1-18(16-43-17-21-14-39(37-36-21)22-9-10-38(15-22)25-8-5-20(29)11-33-25)35-24-12-34-40(27(41)26(24)28(30,31)32)13-19-3-6-23(42-2)7-4-19/h3-8,11-12,14,18,22,35H,9-10,13,15-17H2,1-2H3. The van der Waals surface area contributed by atoms with Gasteiger partial charge in [-0.1, -0.05) is 17.3 Å². The maximum atomic E-state index is 13.9. The molecular formula is C28H30F4N8O3. The van der Waals surface area contributed by atoms with Gasteiger partial charge in [0.15, 0.2) is 0 Å². The average molecular weight is 603 g/mol. The van der Waals surface area contributed by atoms with Crippen LogP contribution in [0.4, 0.5) is 29.1 Å². The number of nitrogens with one attached hydrogen (secondary N) is 1. The van der Waals surface area contributed by atoms with E-state index in [-0.39, 0.29) is 25.8 Å². The SMILES string of the molecule is COc1ccc(Cn2ncc(NC(C)COCc3cn(C4CCN(c5ccc(F)cn5)C4)nn3)c(C(F)(F)F)c2=O)cc1. The second-order valence-corrected chi connectivity index (χ2v) is 10.2. The number of halogens is 4. The number of alkyl halides is 3. The summed E-state index contributed by atoms with van der Waals surface area (Å²) in [4.78, 5) is 19.0. The van der Waals surface area contributed by atoms with Gasteiger partial charge >= 0.3 is 6.18 Å². The minimum atomic E-state index is -4.90. The summed E-state index contributed by atoms with van der Waals surface area (Å²) in [5.41, 5.74) is -1.85. The Labute approximate surface area is 244 Å². The fourth-order valence-corrected chi connectivity index (χ4v) is 4.81. The maximum absolute atomic E-state index is 13.9. The predicted octanol–water partition coefficient (Wildman–Crippen LogP) is 3.91. The van der Waals surface area contributed by atoms with Crippen LogP contribution in [0.1, 0.15) is 36.2 Å². The monoisotopic (exact) mass is 602 g/mol. The maximum Gasteiger partial charge on any atom is 0.423 e. The van der Waals surface area contributed by atoms with Crippen LogP contribution in [-0.2, 0) is 24.1 Å². The van der Waals surface area contributed by atoms with E-state index >= 15 is 0 Å². The van der Waals surface area contributed by atoms with E-state index in [4.69, 9.17) is 9.47 Å². The van der Waals surface area contributed by atoms with Crippen molar-refractivity contribution in [1.29, 1.82) is 0 Å². The lowest BCUT2D eigenvalue weighted by Gasteiger charge is -2.19. The molecule has 0 spiro atoms. The van der Waals surface area contributed by atoms with Crippen molar-refractivity contribution in [2.24, 2.45) is 0 Å². The summed E-state index contributed by atoms with van der Waals surface area (Å²) in [6.07, 6.45) is -0.147. The Morgan fingerprint density at radius 2 is 1.93 bits per heavy atom. The first-order chi connectivity index (χ1) is 20.6. The van der Waals surface area contributed by atoms with Gasteiger partial charge in [0.2, 0.25) is 0 Å². The third-order valence-electron chi connectivity index (χ3n) is 6.97. The zero-order chi connectivity index (χ0) is 30.6.